The van der Waals surface area contributed by atoms with E-state index in [-0.39, 0.29) is 11.8 Å². The van der Waals surface area contributed by atoms with Crippen molar-refractivity contribution < 1.29 is 4.79 Å². The highest BCUT2D eigenvalue weighted by molar-refractivity contribution is 9.10. The fourth-order valence-corrected chi connectivity index (χ4v) is 3.16. The van der Waals surface area contributed by atoms with Crippen LogP contribution in [0.2, 0.25) is 0 Å². The second kappa shape index (κ2) is 5.73. The first-order valence-electron chi connectivity index (χ1n) is 5.35. The van der Waals surface area contributed by atoms with Crippen LogP contribution in [0.3, 0.4) is 0 Å². The molecule has 0 bridgehead atoms. The zero-order valence-electron chi connectivity index (χ0n) is 8.91. The van der Waals surface area contributed by atoms with Gasteiger partial charge in [-0.1, -0.05) is 28.1 Å². The molecule has 1 aromatic carbocycles. The van der Waals surface area contributed by atoms with Gasteiger partial charge < -0.3 is 5.32 Å². The average molecular weight is 300 g/mol. The molecule has 1 unspecified atom stereocenters. The summed E-state index contributed by atoms with van der Waals surface area (Å²) >= 11 is 5.26. The summed E-state index contributed by atoms with van der Waals surface area (Å²) in [5, 5.41) is 2.99. The van der Waals surface area contributed by atoms with Crippen LogP contribution < -0.4 is 5.32 Å². The van der Waals surface area contributed by atoms with E-state index in [2.05, 4.69) is 21.2 Å². The molecule has 0 saturated carbocycles. The number of nitrogens with one attached hydrogen (secondary N) is 1. The molecule has 86 valence electrons. The number of carbonyl (C=O) groups is 1. The van der Waals surface area contributed by atoms with Gasteiger partial charge in [0, 0.05) is 22.7 Å². The summed E-state index contributed by atoms with van der Waals surface area (Å²) in [6, 6.07) is 8.03. The van der Waals surface area contributed by atoms with Crippen LogP contribution in [0, 0.1) is 5.92 Å². The van der Waals surface area contributed by atoms with Crippen LogP contribution in [0.4, 0.5) is 0 Å². The summed E-state index contributed by atoms with van der Waals surface area (Å²) in [4.78, 5) is 11.8. The number of thioether (sulfide) groups is 1. The van der Waals surface area contributed by atoms with Gasteiger partial charge in [0.2, 0.25) is 5.91 Å². The lowest BCUT2D eigenvalue weighted by atomic mass is 10.1. The van der Waals surface area contributed by atoms with Gasteiger partial charge in [-0.3, -0.25) is 4.79 Å². The van der Waals surface area contributed by atoms with E-state index < -0.39 is 0 Å². The predicted octanol–water partition coefficient (Wildman–Crippen LogP) is 2.82. The molecular weight excluding hydrogens is 286 g/mol. The third kappa shape index (κ3) is 3.25. The maximum absolute atomic E-state index is 11.8. The minimum Gasteiger partial charge on any atom is -0.352 e. The third-order valence-corrected chi connectivity index (χ3v) is 4.37. The molecule has 1 fully saturated rings. The highest BCUT2D eigenvalue weighted by Crippen LogP contribution is 2.23. The first-order chi connectivity index (χ1) is 7.75. The molecule has 0 aromatic heterocycles. The summed E-state index contributed by atoms with van der Waals surface area (Å²) < 4.78 is 1.06. The molecule has 1 aromatic rings. The maximum Gasteiger partial charge on any atom is 0.224 e. The Balaban J connectivity index is 1.82. The molecule has 1 amide bonds. The minimum atomic E-state index is 0.202. The maximum atomic E-state index is 11.8. The second-order valence-corrected chi connectivity index (χ2v) is 5.97. The molecule has 1 aliphatic heterocycles. The van der Waals surface area contributed by atoms with Gasteiger partial charge in [-0.2, -0.15) is 11.8 Å². The number of carbonyl (C=O) groups excluding carboxylic acids is 1. The first-order valence-corrected chi connectivity index (χ1v) is 7.30. The molecule has 1 heterocycles. The molecule has 0 aliphatic carbocycles. The van der Waals surface area contributed by atoms with Crippen molar-refractivity contribution in [3.05, 3.63) is 34.3 Å². The lowest BCUT2D eigenvalue weighted by Gasteiger charge is -2.09. The SMILES string of the molecule is O=C(NCc1ccc(Br)cc1)C1CCSC1. The summed E-state index contributed by atoms with van der Waals surface area (Å²) in [5.41, 5.74) is 1.14. The van der Waals surface area contributed by atoms with Crippen LogP contribution in [0.1, 0.15) is 12.0 Å². The van der Waals surface area contributed by atoms with Gasteiger partial charge in [-0.05, 0) is 29.9 Å². The lowest BCUT2D eigenvalue weighted by Crippen LogP contribution is -2.30. The monoisotopic (exact) mass is 299 g/mol. The Bertz CT molecular complexity index is 360. The molecule has 0 spiro atoms. The fraction of sp³-hybridized carbons (Fsp3) is 0.417. The molecule has 0 radical (unpaired) electrons. The van der Waals surface area contributed by atoms with Crippen molar-refractivity contribution in [3.63, 3.8) is 0 Å². The molecule has 1 atom stereocenters. The number of halogens is 1. The summed E-state index contributed by atoms with van der Waals surface area (Å²) in [7, 11) is 0. The molecule has 1 N–H and O–H groups in total. The molecule has 4 heteroatoms. The lowest BCUT2D eigenvalue weighted by molar-refractivity contribution is -0.124. The van der Waals surface area contributed by atoms with E-state index in [1.165, 1.54) is 0 Å². The van der Waals surface area contributed by atoms with Gasteiger partial charge in [0.1, 0.15) is 0 Å². The van der Waals surface area contributed by atoms with Crippen LogP contribution >= 0.6 is 27.7 Å². The quantitative estimate of drug-likeness (QED) is 0.930. The van der Waals surface area contributed by atoms with Crippen molar-refractivity contribution in [2.45, 2.75) is 13.0 Å². The second-order valence-electron chi connectivity index (χ2n) is 3.90. The molecule has 1 aliphatic rings. The zero-order valence-corrected chi connectivity index (χ0v) is 11.3. The van der Waals surface area contributed by atoms with E-state index in [9.17, 15) is 4.79 Å². The summed E-state index contributed by atoms with van der Waals surface area (Å²) in [6.07, 6.45) is 1.02. The Morgan fingerprint density at radius 1 is 1.44 bits per heavy atom. The van der Waals surface area contributed by atoms with Crippen molar-refractivity contribution in [3.8, 4) is 0 Å². The molecular formula is C12H14BrNOS. The Hall–Kier alpha value is -0.480. The van der Waals surface area contributed by atoms with Gasteiger partial charge in [-0.25, -0.2) is 0 Å². The standard InChI is InChI=1S/C12H14BrNOS/c13-11-3-1-9(2-4-11)7-14-12(15)10-5-6-16-8-10/h1-4,10H,5-8H2,(H,14,15). The van der Waals surface area contributed by atoms with E-state index in [4.69, 9.17) is 0 Å². The van der Waals surface area contributed by atoms with Crippen LogP contribution in [0.5, 0.6) is 0 Å². The number of benzene rings is 1. The van der Waals surface area contributed by atoms with Gasteiger partial charge in [-0.15, -0.1) is 0 Å². The Morgan fingerprint density at radius 2 is 2.19 bits per heavy atom. The number of hydrogen-bond acceptors (Lipinski definition) is 2. The van der Waals surface area contributed by atoms with Crippen molar-refractivity contribution in [1.29, 1.82) is 0 Å². The van der Waals surface area contributed by atoms with Crippen LogP contribution in [0.15, 0.2) is 28.7 Å². The fourth-order valence-electron chi connectivity index (χ4n) is 1.68. The van der Waals surface area contributed by atoms with Gasteiger partial charge in [0.15, 0.2) is 0 Å². The predicted molar refractivity (Wildman–Crippen MR) is 71.4 cm³/mol. The Kier molecular flexibility index (Phi) is 4.29. The van der Waals surface area contributed by atoms with Crippen LogP contribution in [-0.2, 0) is 11.3 Å². The van der Waals surface area contributed by atoms with E-state index in [1.54, 1.807) is 0 Å². The van der Waals surface area contributed by atoms with Gasteiger partial charge in [0.25, 0.3) is 0 Å². The largest absolute Gasteiger partial charge is 0.352 e. The molecule has 2 nitrogen and oxygen atoms in total. The minimum absolute atomic E-state index is 0.202. The van der Waals surface area contributed by atoms with Crippen molar-refractivity contribution in [1.82, 2.24) is 5.32 Å². The van der Waals surface area contributed by atoms with E-state index in [1.807, 2.05) is 36.0 Å². The number of rotatable bonds is 3. The first kappa shape index (κ1) is 12.0. The average Bonchev–Trinajstić information content (AvgIpc) is 2.81. The third-order valence-electron chi connectivity index (χ3n) is 2.68. The van der Waals surface area contributed by atoms with E-state index in [0.717, 1.165) is 28.0 Å². The smallest absolute Gasteiger partial charge is 0.224 e. The Labute approximate surface area is 108 Å². The summed E-state index contributed by atoms with van der Waals surface area (Å²) in [6.45, 7) is 0.632. The zero-order chi connectivity index (χ0) is 11.4. The molecule has 16 heavy (non-hydrogen) atoms. The van der Waals surface area contributed by atoms with E-state index in [0.29, 0.717) is 6.54 Å². The van der Waals surface area contributed by atoms with Crippen LogP contribution in [-0.4, -0.2) is 17.4 Å². The normalized spacial score (nSPS) is 19.7. The number of hydrogen-bond donors (Lipinski definition) is 1. The van der Waals surface area contributed by atoms with Crippen molar-refractivity contribution in [2.75, 3.05) is 11.5 Å². The topological polar surface area (TPSA) is 29.1 Å². The highest BCUT2D eigenvalue weighted by Gasteiger charge is 2.22. The molecule has 1 saturated heterocycles. The molecule has 2 rings (SSSR count). The van der Waals surface area contributed by atoms with Crippen molar-refractivity contribution in [2.24, 2.45) is 5.92 Å². The van der Waals surface area contributed by atoms with E-state index >= 15 is 0 Å². The number of amides is 1. The van der Waals surface area contributed by atoms with Gasteiger partial charge in [0.05, 0.1) is 0 Å². The van der Waals surface area contributed by atoms with Crippen LogP contribution in [0.25, 0.3) is 0 Å². The summed E-state index contributed by atoms with van der Waals surface area (Å²) in [5.74, 6) is 2.52. The Morgan fingerprint density at radius 3 is 2.81 bits per heavy atom. The highest BCUT2D eigenvalue weighted by atomic mass is 79.9. The van der Waals surface area contributed by atoms with Crippen molar-refractivity contribution >= 4 is 33.6 Å². The van der Waals surface area contributed by atoms with Gasteiger partial charge >= 0.3 is 0 Å².